The van der Waals surface area contributed by atoms with Crippen LogP contribution < -0.4 is 0 Å². The monoisotopic (exact) mass is 576 g/mol. The number of phenols is 1. The quantitative estimate of drug-likeness (QED) is 0.135. The summed E-state index contributed by atoms with van der Waals surface area (Å²) in [5.74, 6) is 0.966. The Labute approximate surface area is 252 Å². The molecule has 4 heteroatoms. The maximum Gasteiger partial charge on any atom is 0.311 e. The van der Waals surface area contributed by atoms with Crippen molar-refractivity contribution < 1.29 is 15.0 Å². The zero-order chi connectivity index (χ0) is 30.0. The molecule has 1 atom stereocenters. The Morgan fingerprint density at radius 3 is 1.40 bits per heavy atom. The second-order valence-electron chi connectivity index (χ2n) is 14.1. The van der Waals surface area contributed by atoms with Crippen LogP contribution in [-0.2, 0) is 15.6 Å². The molecular weight excluding hydrogens is 512 g/mol. The predicted octanol–water partition coefficient (Wildman–Crippen LogP) is 11.5. The van der Waals surface area contributed by atoms with Crippen LogP contribution in [0.1, 0.15) is 180 Å². The second kappa shape index (κ2) is 19.9. The van der Waals surface area contributed by atoms with Crippen LogP contribution in [0.4, 0.5) is 0 Å². The molecule has 0 heterocycles. The van der Waals surface area contributed by atoms with E-state index in [-0.39, 0.29) is 10.8 Å². The molecule has 2 N–H and O–H groups in total. The van der Waals surface area contributed by atoms with Crippen molar-refractivity contribution in [2.75, 3.05) is 11.5 Å². The molecule has 0 saturated carbocycles. The average molecular weight is 577 g/mol. The first-order valence-corrected chi connectivity index (χ1v) is 17.7. The van der Waals surface area contributed by atoms with Crippen LogP contribution in [0.3, 0.4) is 0 Å². The van der Waals surface area contributed by atoms with Gasteiger partial charge >= 0.3 is 5.97 Å². The van der Waals surface area contributed by atoms with E-state index in [9.17, 15) is 15.0 Å². The SMILES string of the molecule is CCCCCCCCCCCCCCCCCCSCCC(C(=O)O)c1cc(C(C)(C)C)c(O)c(C(C)(C)C)c1. The first-order chi connectivity index (χ1) is 18.9. The molecule has 0 aliphatic carbocycles. The van der Waals surface area contributed by atoms with E-state index in [1.54, 1.807) is 0 Å². The van der Waals surface area contributed by atoms with Gasteiger partial charge in [-0.2, -0.15) is 11.8 Å². The largest absolute Gasteiger partial charge is 0.507 e. The maximum absolute atomic E-state index is 12.3. The molecule has 40 heavy (non-hydrogen) atoms. The number of carboxylic acid groups (broad SMARTS) is 1. The maximum atomic E-state index is 12.3. The molecule has 0 amide bonds. The Bertz CT molecular complexity index is 783. The third-order valence-electron chi connectivity index (χ3n) is 8.14. The fourth-order valence-corrected chi connectivity index (χ4v) is 6.50. The molecule has 3 nitrogen and oxygen atoms in total. The number of thioether (sulfide) groups is 1. The number of hydrogen-bond acceptors (Lipinski definition) is 3. The fourth-order valence-electron chi connectivity index (χ4n) is 5.49. The molecule has 0 aromatic heterocycles. The number of unbranched alkanes of at least 4 members (excludes halogenated alkanes) is 15. The molecule has 232 valence electrons. The summed E-state index contributed by atoms with van der Waals surface area (Å²) in [6, 6.07) is 3.87. The molecular formula is C36H64O3S. The van der Waals surface area contributed by atoms with Crippen LogP contribution in [0.5, 0.6) is 5.75 Å². The van der Waals surface area contributed by atoms with E-state index in [2.05, 4.69) is 48.5 Å². The van der Waals surface area contributed by atoms with Crippen LogP contribution in [0, 0.1) is 0 Å². The summed E-state index contributed by atoms with van der Waals surface area (Å²) in [4.78, 5) is 12.3. The third-order valence-corrected chi connectivity index (χ3v) is 9.24. The third kappa shape index (κ3) is 15.2. The lowest BCUT2D eigenvalue weighted by molar-refractivity contribution is -0.138. The molecule has 1 unspecified atom stereocenters. The van der Waals surface area contributed by atoms with Crippen LogP contribution in [0.25, 0.3) is 0 Å². The smallest absolute Gasteiger partial charge is 0.311 e. The molecule has 0 radical (unpaired) electrons. The summed E-state index contributed by atoms with van der Waals surface area (Å²) in [5.41, 5.74) is 1.98. The lowest BCUT2D eigenvalue weighted by Gasteiger charge is -2.29. The van der Waals surface area contributed by atoms with E-state index >= 15 is 0 Å². The summed E-state index contributed by atoms with van der Waals surface area (Å²) in [5, 5.41) is 21.1. The number of carbonyl (C=O) groups is 1. The summed E-state index contributed by atoms with van der Waals surface area (Å²) in [6.07, 6.45) is 22.8. The average Bonchev–Trinajstić information content (AvgIpc) is 2.86. The van der Waals surface area contributed by atoms with Crippen LogP contribution >= 0.6 is 11.8 Å². The number of aliphatic carboxylic acids is 1. The predicted molar refractivity (Wildman–Crippen MR) is 177 cm³/mol. The molecule has 0 fully saturated rings. The Balaban J connectivity index is 2.27. The molecule has 1 rings (SSSR count). The molecule has 0 spiro atoms. The van der Waals surface area contributed by atoms with Crippen LogP contribution in [-0.4, -0.2) is 27.7 Å². The molecule has 1 aromatic rings. The lowest BCUT2D eigenvalue weighted by atomic mass is 9.77. The highest BCUT2D eigenvalue weighted by molar-refractivity contribution is 7.99. The van der Waals surface area contributed by atoms with Gasteiger partial charge in [-0.1, -0.05) is 157 Å². The van der Waals surface area contributed by atoms with Crippen LogP contribution in [0.2, 0.25) is 0 Å². The van der Waals surface area contributed by atoms with Gasteiger partial charge in [0.2, 0.25) is 0 Å². The normalized spacial score (nSPS) is 13.1. The highest BCUT2D eigenvalue weighted by atomic mass is 32.2. The zero-order valence-electron chi connectivity index (χ0n) is 27.4. The Kier molecular flexibility index (Phi) is 18.3. The molecule has 0 aliphatic rings. The summed E-state index contributed by atoms with van der Waals surface area (Å²) in [7, 11) is 0. The summed E-state index contributed by atoms with van der Waals surface area (Å²) >= 11 is 1.89. The first-order valence-electron chi connectivity index (χ1n) is 16.6. The van der Waals surface area contributed by atoms with Gasteiger partial charge in [-0.15, -0.1) is 0 Å². The van der Waals surface area contributed by atoms with E-state index < -0.39 is 11.9 Å². The number of carboxylic acids is 1. The van der Waals surface area contributed by atoms with Crippen molar-refractivity contribution in [2.45, 2.75) is 174 Å². The minimum absolute atomic E-state index is 0.259. The number of rotatable bonds is 22. The minimum Gasteiger partial charge on any atom is -0.507 e. The first kappa shape index (κ1) is 36.9. The van der Waals surface area contributed by atoms with Gasteiger partial charge in [-0.3, -0.25) is 4.79 Å². The number of hydrogen-bond donors (Lipinski definition) is 2. The van der Waals surface area contributed by atoms with Gasteiger partial charge in [-0.25, -0.2) is 0 Å². The molecule has 0 saturated heterocycles. The van der Waals surface area contributed by atoms with Crippen molar-refractivity contribution in [1.29, 1.82) is 0 Å². The highest BCUT2D eigenvalue weighted by Gasteiger charge is 2.30. The topological polar surface area (TPSA) is 57.5 Å². The van der Waals surface area contributed by atoms with E-state index in [4.69, 9.17) is 0 Å². The van der Waals surface area contributed by atoms with Gasteiger partial charge < -0.3 is 10.2 Å². The minimum atomic E-state index is -0.770. The number of phenolic OH excluding ortho intramolecular Hbond substituents is 1. The molecule has 0 bridgehead atoms. The van der Waals surface area contributed by atoms with Gasteiger partial charge in [0, 0.05) is 0 Å². The summed E-state index contributed by atoms with van der Waals surface area (Å²) in [6.45, 7) is 14.7. The van der Waals surface area contributed by atoms with E-state index in [1.807, 2.05) is 23.9 Å². The van der Waals surface area contributed by atoms with Gasteiger partial charge in [0.25, 0.3) is 0 Å². The van der Waals surface area contributed by atoms with Crippen molar-refractivity contribution >= 4 is 17.7 Å². The van der Waals surface area contributed by atoms with Gasteiger partial charge in [-0.05, 0) is 51.9 Å². The number of benzene rings is 1. The Hall–Kier alpha value is -1.16. The van der Waals surface area contributed by atoms with Gasteiger partial charge in [0.05, 0.1) is 5.92 Å². The van der Waals surface area contributed by atoms with Crippen molar-refractivity contribution in [2.24, 2.45) is 0 Å². The fraction of sp³-hybridized carbons (Fsp3) is 0.806. The van der Waals surface area contributed by atoms with E-state index in [0.717, 1.165) is 28.2 Å². The standard InChI is InChI=1S/C36H64O3S/c1-8-9-10-11-12-13-14-15-16-17-18-19-20-21-22-23-25-40-26-24-30(34(38)39)29-27-31(35(2,3)4)33(37)32(28-29)36(5,6)7/h27-28,30,37H,8-26H2,1-7H3,(H,38,39). The van der Waals surface area contributed by atoms with Gasteiger partial charge in [0.1, 0.15) is 5.75 Å². The van der Waals surface area contributed by atoms with Crippen molar-refractivity contribution in [3.63, 3.8) is 0 Å². The van der Waals surface area contributed by atoms with Crippen LogP contribution in [0.15, 0.2) is 12.1 Å². The number of aromatic hydroxyl groups is 1. The van der Waals surface area contributed by atoms with Gasteiger partial charge in [0.15, 0.2) is 0 Å². The van der Waals surface area contributed by atoms with Crippen molar-refractivity contribution in [3.8, 4) is 5.75 Å². The second-order valence-corrected chi connectivity index (χ2v) is 15.3. The highest BCUT2D eigenvalue weighted by Crippen LogP contribution is 2.41. The molecule has 0 aliphatic heterocycles. The van der Waals surface area contributed by atoms with Crippen molar-refractivity contribution in [3.05, 3.63) is 28.8 Å². The summed E-state index contributed by atoms with van der Waals surface area (Å²) < 4.78 is 0. The molecule has 1 aromatic carbocycles. The van der Waals surface area contributed by atoms with E-state index in [0.29, 0.717) is 12.2 Å². The van der Waals surface area contributed by atoms with E-state index in [1.165, 1.54) is 103 Å². The van der Waals surface area contributed by atoms with Crippen molar-refractivity contribution in [1.82, 2.24) is 0 Å². The zero-order valence-corrected chi connectivity index (χ0v) is 28.2. The Morgan fingerprint density at radius 1 is 0.675 bits per heavy atom. The lowest BCUT2D eigenvalue weighted by Crippen LogP contribution is -2.20. The Morgan fingerprint density at radius 2 is 1.05 bits per heavy atom.